The van der Waals surface area contributed by atoms with Crippen LogP contribution < -0.4 is 15.8 Å². The van der Waals surface area contributed by atoms with Crippen molar-refractivity contribution in [2.24, 2.45) is 5.73 Å². The average Bonchev–Trinajstić information content (AvgIpc) is 2.78. The number of nitrogens with two attached hydrogens (primary N) is 1. The summed E-state index contributed by atoms with van der Waals surface area (Å²) in [6.07, 6.45) is 2.09. The highest BCUT2D eigenvalue weighted by atomic mass is 16.5. The molecule has 160 valence electrons. The lowest BCUT2D eigenvalue weighted by molar-refractivity contribution is -0.0388. The second-order valence-electron chi connectivity index (χ2n) is 6.80. The SMILES string of the molecule is COC(=O)c1ccc(C(N)=O)cc1Nc1ccc(OCCOC2CCOCC2)cc1. The standard InChI is InChI=1S/C22H26N2O6/c1-27-22(26)19-7-2-15(21(23)25)14-20(19)24-16-3-5-17(6-4-16)29-12-13-30-18-8-10-28-11-9-18/h2-7,14,18,24H,8-13H2,1H3,(H2,23,25). The van der Waals surface area contributed by atoms with Crippen LogP contribution in [-0.4, -0.2) is 51.5 Å². The van der Waals surface area contributed by atoms with E-state index in [0.29, 0.717) is 35.9 Å². The minimum Gasteiger partial charge on any atom is -0.491 e. The minimum absolute atomic E-state index is 0.245. The second-order valence-corrected chi connectivity index (χ2v) is 6.80. The van der Waals surface area contributed by atoms with E-state index in [-0.39, 0.29) is 11.7 Å². The summed E-state index contributed by atoms with van der Waals surface area (Å²) in [6.45, 7) is 2.48. The molecule has 3 N–H and O–H groups in total. The van der Waals surface area contributed by atoms with Gasteiger partial charge in [0, 0.05) is 24.5 Å². The van der Waals surface area contributed by atoms with Crippen LogP contribution in [0.25, 0.3) is 0 Å². The first-order valence-corrected chi connectivity index (χ1v) is 9.78. The molecule has 1 saturated heterocycles. The van der Waals surface area contributed by atoms with Gasteiger partial charge in [-0.1, -0.05) is 0 Å². The summed E-state index contributed by atoms with van der Waals surface area (Å²) < 4.78 is 21.6. The number of anilines is 2. The quantitative estimate of drug-likeness (QED) is 0.480. The Morgan fingerprint density at radius 2 is 1.83 bits per heavy atom. The van der Waals surface area contributed by atoms with E-state index in [4.69, 9.17) is 24.7 Å². The summed E-state index contributed by atoms with van der Waals surface area (Å²) in [6, 6.07) is 11.8. The summed E-state index contributed by atoms with van der Waals surface area (Å²) in [5.74, 6) is -0.394. The molecule has 1 aliphatic rings. The molecule has 1 heterocycles. The maximum absolute atomic E-state index is 12.0. The van der Waals surface area contributed by atoms with Gasteiger partial charge in [0.25, 0.3) is 0 Å². The fourth-order valence-electron chi connectivity index (χ4n) is 3.10. The fraction of sp³-hybridized carbons (Fsp3) is 0.364. The lowest BCUT2D eigenvalue weighted by atomic mass is 10.1. The zero-order valence-electron chi connectivity index (χ0n) is 16.9. The third kappa shape index (κ3) is 5.95. The molecule has 8 heteroatoms. The van der Waals surface area contributed by atoms with Crippen molar-refractivity contribution in [1.82, 2.24) is 0 Å². The lowest BCUT2D eigenvalue weighted by Gasteiger charge is -2.22. The van der Waals surface area contributed by atoms with E-state index < -0.39 is 11.9 Å². The number of ether oxygens (including phenoxy) is 4. The highest BCUT2D eigenvalue weighted by Gasteiger charge is 2.15. The molecule has 8 nitrogen and oxygen atoms in total. The zero-order valence-corrected chi connectivity index (χ0v) is 16.9. The van der Waals surface area contributed by atoms with Crippen LogP contribution in [-0.2, 0) is 14.2 Å². The minimum atomic E-state index is -0.582. The number of hydrogen-bond donors (Lipinski definition) is 2. The molecular formula is C22H26N2O6. The summed E-state index contributed by atoms with van der Waals surface area (Å²) in [7, 11) is 1.30. The predicted molar refractivity (Wildman–Crippen MR) is 111 cm³/mol. The van der Waals surface area contributed by atoms with Crippen molar-refractivity contribution in [3.05, 3.63) is 53.6 Å². The first-order valence-electron chi connectivity index (χ1n) is 9.78. The molecule has 0 saturated carbocycles. The maximum Gasteiger partial charge on any atom is 0.339 e. The van der Waals surface area contributed by atoms with E-state index >= 15 is 0 Å². The van der Waals surface area contributed by atoms with Gasteiger partial charge in [0.15, 0.2) is 0 Å². The van der Waals surface area contributed by atoms with Gasteiger partial charge in [-0.2, -0.15) is 0 Å². The first-order chi connectivity index (χ1) is 14.6. The van der Waals surface area contributed by atoms with E-state index in [1.165, 1.54) is 25.3 Å². The molecule has 0 radical (unpaired) electrons. The smallest absolute Gasteiger partial charge is 0.339 e. The Kier molecular flexibility index (Phi) is 7.64. The Balaban J connectivity index is 1.57. The van der Waals surface area contributed by atoms with Crippen molar-refractivity contribution >= 4 is 23.3 Å². The molecule has 1 fully saturated rings. The van der Waals surface area contributed by atoms with Gasteiger partial charge in [-0.15, -0.1) is 0 Å². The van der Waals surface area contributed by atoms with Crippen LogP contribution in [0.2, 0.25) is 0 Å². The molecule has 0 unspecified atom stereocenters. The van der Waals surface area contributed by atoms with Gasteiger partial charge in [-0.25, -0.2) is 4.79 Å². The molecule has 3 rings (SSSR count). The Morgan fingerprint density at radius 3 is 2.50 bits per heavy atom. The summed E-state index contributed by atoms with van der Waals surface area (Å²) in [5, 5.41) is 3.12. The van der Waals surface area contributed by atoms with Gasteiger partial charge in [0.2, 0.25) is 5.91 Å². The number of amides is 1. The summed E-state index contributed by atoms with van der Waals surface area (Å²) >= 11 is 0. The van der Waals surface area contributed by atoms with Crippen LogP contribution in [0.3, 0.4) is 0 Å². The van der Waals surface area contributed by atoms with Gasteiger partial charge in [0.1, 0.15) is 12.4 Å². The van der Waals surface area contributed by atoms with Crippen molar-refractivity contribution < 1.29 is 28.5 Å². The Labute approximate surface area is 175 Å². The monoisotopic (exact) mass is 414 g/mol. The van der Waals surface area contributed by atoms with E-state index in [1.54, 1.807) is 0 Å². The Morgan fingerprint density at radius 1 is 1.10 bits per heavy atom. The molecule has 30 heavy (non-hydrogen) atoms. The Hall–Kier alpha value is -3.10. The lowest BCUT2D eigenvalue weighted by Crippen LogP contribution is -2.25. The highest BCUT2D eigenvalue weighted by Crippen LogP contribution is 2.25. The number of carbonyl (C=O) groups excluding carboxylic acids is 2. The van der Waals surface area contributed by atoms with Crippen molar-refractivity contribution in [2.75, 3.05) is 38.9 Å². The van der Waals surface area contributed by atoms with Crippen LogP contribution in [0.5, 0.6) is 5.75 Å². The number of carbonyl (C=O) groups is 2. The molecule has 0 aliphatic carbocycles. The second kappa shape index (κ2) is 10.6. The number of methoxy groups -OCH3 is 1. The molecule has 1 amide bonds. The van der Waals surface area contributed by atoms with Crippen LogP contribution in [0, 0.1) is 0 Å². The van der Waals surface area contributed by atoms with Gasteiger partial charge < -0.3 is 30.0 Å². The van der Waals surface area contributed by atoms with Crippen molar-refractivity contribution in [1.29, 1.82) is 0 Å². The zero-order chi connectivity index (χ0) is 21.3. The average molecular weight is 414 g/mol. The molecular weight excluding hydrogens is 388 g/mol. The van der Waals surface area contributed by atoms with Crippen LogP contribution in [0.4, 0.5) is 11.4 Å². The van der Waals surface area contributed by atoms with E-state index in [9.17, 15) is 9.59 Å². The van der Waals surface area contributed by atoms with Gasteiger partial charge in [-0.05, 0) is 55.3 Å². The normalized spacial score (nSPS) is 14.2. The van der Waals surface area contributed by atoms with Crippen molar-refractivity contribution in [2.45, 2.75) is 18.9 Å². The van der Waals surface area contributed by atoms with Crippen LogP contribution >= 0.6 is 0 Å². The first kappa shape index (κ1) is 21.6. The fourth-order valence-corrected chi connectivity index (χ4v) is 3.10. The third-order valence-electron chi connectivity index (χ3n) is 4.72. The number of primary amides is 1. The molecule has 0 aromatic heterocycles. The molecule has 0 spiro atoms. The number of nitrogens with one attached hydrogen (secondary N) is 1. The Bertz CT molecular complexity index is 862. The van der Waals surface area contributed by atoms with Gasteiger partial charge in [-0.3, -0.25) is 4.79 Å². The maximum atomic E-state index is 12.0. The summed E-state index contributed by atoms with van der Waals surface area (Å²) in [5.41, 5.74) is 7.07. The third-order valence-corrected chi connectivity index (χ3v) is 4.72. The topological polar surface area (TPSA) is 109 Å². The van der Waals surface area contributed by atoms with E-state index in [2.05, 4.69) is 5.32 Å². The number of benzene rings is 2. The van der Waals surface area contributed by atoms with Crippen LogP contribution in [0.1, 0.15) is 33.6 Å². The van der Waals surface area contributed by atoms with Crippen molar-refractivity contribution in [3.8, 4) is 5.75 Å². The molecule has 1 aliphatic heterocycles. The molecule has 0 bridgehead atoms. The van der Waals surface area contributed by atoms with Crippen molar-refractivity contribution in [3.63, 3.8) is 0 Å². The van der Waals surface area contributed by atoms with Gasteiger partial charge in [0.05, 0.1) is 31.1 Å². The van der Waals surface area contributed by atoms with Gasteiger partial charge >= 0.3 is 5.97 Å². The molecule has 2 aromatic carbocycles. The molecule has 2 aromatic rings. The molecule has 0 atom stereocenters. The van der Waals surface area contributed by atoms with Crippen LogP contribution in [0.15, 0.2) is 42.5 Å². The number of rotatable bonds is 9. The largest absolute Gasteiger partial charge is 0.491 e. The predicted octanol–water partition coefficient (Wildman–Crippen LogP) is 2.89. The summed E-state index contributed by atoms with van der Waals surface area (Å²) in [4.78, 5) is 23.5. The van der Waals surface area contributed by atoms with E-state index in [0.717, 1.165) is 26.1 Å². The number of hydrogen-bond acceptors (Lipinski definition) is 7. The highest BCUT2D eigenvalue weighted by molar-refractivity contribution is 6.00. The van der Waals surface area contributed by atoms with E-state index in [1.807, 2.05) is 24.3 Å². The number of esters is 1.